The zero-order valence-electron chi connectivity index (χ0n) is 11.3. The van der Waals surface area contributed by atoms with Crippen LogP contribution in [0.3, 0.4) is 0 Å². The summed E-state index contributed by atoms with van der Waals surface area (Å²) in [5, 5.41) is 0. The molecule has 0 aliphatic carbocycles. The van der Waals surface area contributed by atoms with Gasteiger partial charge in [-0.3, -0.25) is 9.59 Å². The third-order valence-corrected chi connectivity index (χ3v) is 3.73. The maximum atomic E-state index is 11.5. The summed E-state index contributed by atoms with van der Waals surface area (Å²) in [6.45, 7) is 1.56. The summed E-state index contributed by atoms with van der Waals surface area (Å²) in [4.78, 5) is 24.5. The van der Waals surface area contributed by atoms with Crippen LogP contribution in [0.15, 0.2) is 18.2 Å². The number of carbonyl (C=O) groups excluding carboxylic acids is 2. The quantitative estimate of drug-likeness (QED) is 0.693. The van der Waals surface area contributed by atoms with E-state index in [-0.39, 0.29) is 5.91 Å². The van der Waals surface area contributed by atoms with Gasteiger partial charge in [0.15, 0.2) is 0 Å². The SMILES string of the molecule is NC(=O)CC1CCN(c2ccc(N)cc2C(N)=O)CC1. The van der Waals surface area contributed by atoms with E-state index in [9.17, 15) is 9.59 Å². The lowest BCUT2D eigenvalue weighted by Crippen LogP contribution is -2.36. The van der Waals surface area contributed by atoms with E-state index in [1.165, 1.54) is 0 Å². The van der Waals surface area contributed by atoms with Gasteiger partial charge >= 0.3 is 0 Å². The van der Waals surface area contributed by atoms with Crippen molar-refractivity contribution in [2.24, 2.45) is 17.4 Å². The van der Waals surface area contributed by atoms with Crippen LogP contribution in [0.25, 0.3) is 0 Å². The number of rotatable bonds is 4. The molecule has 108 valence electrons. The van der Waals surface area contributed by atoms with E-state index in [1.807, 2.05) is 6.07 Å². The Morgan fingerprint density at radius 3 is 2.40 bits per heavy atom. The molecule has 1 aliphatic heterocycles. The van der Waals surface area contributed by atoms with Crippen molar-refractivity contribution < 1.29 is 9.59 Å². The normalized spacial score (nSPS) is 16.1. The largest absolute Gasteiger partial charge is 0.399 e. The number of piperidine rings is 1. The first-order valence-electron chi connectivity index (χ1n) is 6.70. The van der Waals surface area contributed by atoms with Crippen molar-refractivity contribution in [3.8, 4) is 0 Å². The Balaban J connectivity index is 2.11. The molecule has 0 aromatic heterocycles. The number of nitrogens with zero attached hydrogens (tertiary/aromatic N) is 1. The molecule has 0 saturated carbocycles. The molecule has 0 unspecified atom stereocenters. The first-order valence-corrected chi connectivity index (χ1v) is 6.70. The second kappa shape index (κ2) is 5.81. The summed E-state index contributed by atoms with van der Waals surface area (Å²) < 4.78 is 0. The van der Waals surface area contributed by atoms with Crippen LogP contribution in [-0.4, -0.2) is 24.9 Å². The van der Waals surface area contributed by atoms with Gasteiger partial charge in [0.1, 0.15) is 0 Å². The molecule has 1 saturated heterocycles. The maximum Gasteiger partial charge on any atom is 0.250 e. The fourth-order valence-electron chi connectivity index (χ4n) is 2.69. The summed E-state index contributed by atoms with van der Waals surface area (Å²) in [7, 11) is 0. The highest BCUT2D eigenvalue weighted by Crippen LogP contribution is 2.28. The van der Waals surface area contributed by atoms with Crippen molar-refractivity contribution in [2.45, 2.75) is 19.3 Å². The fourth-order valence-corrected chi connectivity index (χ4v) is 2.69. The molecule has 2 amide bonds. The fraction of sp³-hybridized carbons (Fsp3) is 0.429. The van der Waals surface area contributed by atoms with Crippen molar-refractivity contribution >= 4 is 23.2 Å². The summed E-state index contributed by atoms with van der Waals surface area (Å²) in [6, 6.07) is 5.19. The van der Waals surface area contributed by atoms with E-state index in [2.05, 4.69) is 4.90 Å². The zero-order chi connectivity index (χ0) is 14.7. The molecule has 2 rings (SSSR count). The molecular weight excluding hydrogens is 256 g/mol. The van der Waals surface area contributed by atoms with E-state index in [1.54, 1.807) is 12.1 Å². The molecule has 0 bridgehead atoms. The van der Waals surface area contributed by atoms with Crippen molar-refractivity contribution in [1.29, 1.82) is 0 Å². The van der Waals surface area contributed by atoms with E-state index >= 15 is 0 Å². The van der Waals surface area contributed by atoms with Gasteiger partial charge < -0.3 is 22.1 Å². The smallest absolute Gasteiger partial charge is 0.250 e. The van der Waals surface area contributed by atoms with Crippen LogP contribution >= 0.6 is 0 Å². The van der Waals surface area contributed by atoms with E-state index in [0.717, 1.165) is 31.6 Å². The Morgan fingerprint density at radius 1 is 1.20 bits per heavy atom. The van der Waals surface area contributed by atoms with Gasteiger partial charge in [-0.2, -0.15) is 0 Å². The molecule has 20 heavy (non-hydrogen) atoms. The highest BCUT2D eigenvalue weighted by molar-refractivity contribution is 5.99. The number of hydrogen-bond acceptors (Lipinski definition) is 4. The first-order chi connectivity index (χ1) is 9.47. The van der Waals surface area contributed by atoms with E-state index < -0.39 is 5.91 Å². The maximum absolute atomic E-state index is 11.5. The Bertz CT molecular complexity index is 522. The molecule has 1 heterocycles. The molecule has 1 fully saturated rings. The summed E-state index contributed by atoms with van der Waals surface area (Å²) in [5.74, 6) is -0.408. The molecule has 1 aromatic carbocycles. The monoisotopic (exact) mass is 276 g/mol. The zero-order valence-corrected chi connectivity index (χ0v) is 11.3. The highest BCUT2D eigenvalue weighted by atomic mass is 16.1. The number of anilines is 2. The van der Waals surface area contributed by atoms with Crippen LogP contribution in [0, 0.1) is 5.92 Å². The van der Waals surface area contributed by atoms with Crippen LogP contribution in [0.2, 0.25) is 0 Å². The van der Waals surface area contributed by atoms with Crippen LogP contribution in [0.4, 0.5) is 11.4 Å². The average molecular weight is 276 g/mol. The van der Waals surface area contributed by atoms with Crippen LogP contribution in [0.1, 0.15) is 29.6 Å². The number of benzene rings is 1. The Labute approximate surface area is 117 Å². The molecule has 1 aromatic rings. The number of primary amides is 2. The van der Waals surface area contributed by atoms with Crippen molar-refractivity contribution in [3.05, 3.63) is 23.8 Å². The minimum absolute atomic E-state index is 0.256. The average Bonchev–Trinajstić information content (AvgIpc) is 2.39. The predicted octanol–water partition coefficient (Wildman–Crippen LogP) is 0.459. The number of hydrogen-bond donors (Lipinski definition) is 3. The lowest BCUT2D eigenvalue weighted by molar-refractivity contribution is -0.119. The highest BCUT2D eigenvalue weighted by Gasteiger charge is 2.23. The Kier molecular flexibility index (Phi) is 4.12. The third kappa shape index (κ3) is 3.20. The summed E-state index contributed by atoms with van der Waals surface area (Å²) in [6.07, 6.45) is 2.19. The molecule has 6 N–H and O–H groups in total. The summed E-state index contributed by atoms with van der Waals surface area (Å²) in [5.41, 5.74) is 18.1. The van der Waals surface area contributed by atoms with Gasteiger partial charge in [-0.15, -0.1) is 0 Å². The second-order valence-corrected chi connectivity index (χ2v) is 5.24. The topological polar surface area (TPSA) is 115 Å². The van der Waals surface area contributed by atoms with Gasteiger partial charge in [0.05, 0.1) is 5.56 Å². The van der Waals surface area contributed by atoms with Gasteiger partial charge in [-0.25, -0.2) is 0 Å². The first kappa shape index (κ1) is 14.2. The lowest BCUT2D eigenvalue weighted by Gasteiger charge is -2.34. The van der Waals surface area contributed by atoms with Gasteiger partial charge in [0, 0.05) is 30.9 Å². The Morgan fingerprint density at radius 2 is 1.85 bits per heavy atom. The number of nitrogen functional groups attached to an aromatic ring is 1. The van der Waals surface area contributed by atoms with Crippen molar-refractivity contribution in [1.82, 2.24) is 0 Å². The minimum atomic E-state index is -0.480. The van der Waals surface area contributed by atoms with Gasteiger partial charge in [0.25, 0.3) is 5.91 Å². The molecule has 0 atom stereocenters. The standard InChI is InChI=1S/C14H20N4O2/c15-10-1-2-12(11(8-10)14(17)20)18-5-3-9(4-6-18)7-13(16)19/h1-2,8-9H,3-7,15H2,(H2,16,19)(H2,17,20). The summed E-state index contributed by atoms with van der Waals surface area (Å²) >= 11 is 0. The lowest BCUT2D eigenvalue weighted by atomic mass is 9.92. The molecule has 0 radical (unpaired) electrons. The molecule has 6 nitrogen and oxygen atoms in total. The number of amides is 2. The van der Waals surface area contributed by atoms with Gasteiger partial charge in [-0.1, -0.05) is 0 Å². The number of nitrogens with two attached hydrogens (primary N) is 3. The Hall–Kier alpha value is -2.24. The van der Waals surface area contributed by atoms with Gasteiger partial charge in [-0.05, 0) is 37.0 Å². The second-order valence-electron chi connectivity index (χ2n) is 5.24. The minimum Gasteiger partial charge on any atom is -0.399 e. The number of carbonyl (C=O) groups is 2. The third-order valence-electron chi connectivity index (χ3n) is 3.73. The van der Waals surface area contributed by atoms with E-state index in [0.29, 0.717) is 23.6 Å². The van der Waals surface area contributed by atoms with Crippen molar-refractivity contribution in [3.63, 3.8) is 0 Å². The molecule has 6 heteroatoms. The van der Waals surface area contributed by atoms with Gasteiger partial charge in [0.2, 0.25) is 5.91 Å². The molecular formula is C14H20N4O2. The van der Waals surface area contributed by atoms with Crippen LogP contribution in [-0.2, 0) is 4.79 Å². The molecule has 1 aliphatic rings. The van der Waals surface area contributed by atoms with Crippen molar-refractivity contribution in [2.75, 3.05) is 23.7 Å². The van der Waals surface area contributed by atoms with Crippen LogP contribution in [0.5, 0.6) is 0 Å². The van der Waals surface area contributed by atoms with Crippen LogP contribution < -0.4 is 22.1 Å². The van der Waals surface area contributed by atoms with E-state index in [4.69, 9.17) is 17.2 Å². The predicted molar refractivity (Wildman–Crippen MR) is 78.1 cm³/mol. The molecule has 0 spiro atoms.